The van der Waals surface area contributed by atoms with E-state index in [1.165, 1.54) is 12.4 Å². The van der Waals surface area contributed by atoms with Crippen LogP contribution in [-0.2, 0) is 0 Å². The standard InChI is InChI=1S/C11H19N5O/c1-16(2)6-4-3-5-13-11(17)9-7-15-10(12)8-14-9/h7-8H,3-6H2,1-2H3,(H2,12,15)(H,13,17). The first-order valence-corrected chi connectivity index (χ1v) is 5.60. The molecule has 1 heterocycles. The first kappa shape index (κ1) is 13.4. The molecule has 6 nitrogen and oxygen atoms in total. The largest absolute Gasteiger partial charge is 0.382 e. The average Bonchev–Trinajstić information content (AvgIpc) is 2.29. The number of nitrogens with zero attached hydrogens (tertiary/aromatic N) is 3. The molecular formula is C11H19N5O. The minimum atomic E-state index is -0.206. The van der Waals surface area contributed by atoms with Crippen LogP contribution in [0, 0.1) is 0 Å². The maximum atomic E-state index is 11.6. The molecule has 0 atom stereocenters. The molecule has 0 aliphatic heterocycles. The van der Waals surface area contributed by atoms with Gasteiger partial charge in [-0.15, -0.1) is 0 Å². The van der Waals surface area contributed by atoms with Crippen LogP contribution in [0.3, 0.4) is 0 Å². The fourth-order valence-electron chi connectivity index (χ4n) is 1.30. The summed E-state index contributed by atoms with van der Waals surface area (Å²) >= 11 is 0. The van der Waals surface area contributed by atoms with Crippen LogP contribution in [0.5, 0.6) is 0 Å². The zero-order chi connectivity index (χ0) is 12.7. The van der Waals surface area contributed by atoms with Crippen molar-refractivity contribution >= 4 is 11.7 Å². The van der Waals surface area contributed by atoms with E-state index in [4.69, 9.17) is 5.73 Å². The lowest BCUT2D eigenvalue weighted by Crippen LogP contribution is -2.26. The molecule has 0 fully saturated rings. The highest BCUT2D eigenvalue weighted by Gasteiger charge is 2.06. The molecule has 0 unspecified atom stereocenters. The number of nitrogens with one attached hydrogen (secondary N) is 1. The van der Waals surface area contributed by atoms with Crippen LogP contribution in [-0.4, -0.2) is 48.0 Å². The van der Waals surface area contributed by atoms with E-state index in [1.54, 1.807) is 0 Å². The van der Waals surface area contributed by atoms with Gasteiger partial charge in [0, 0.05) is 6.54 Å². The summed E-state index contributed by atoms with van der Waals surface area (Å²) in [6.45, 7) is 1.68. The van der Waals surface area contributed by atoms with Crippen LogP contribution in [0.1, 0.15) is 23.3 Å². The lowest BCUT2D eigenvalue weighted by molar-refractivity contribution is 0.0947. The zero-order valence-corrected chi connectivity index (χ0v) is 10.3. The van der Waals surface area contributed by atoms with E-state index in [2.05, 4.69) is 20.2 Å². The summed E-state index contributed by atoms with van der Waals surface area (Å²) < 4.78 is 0. The van der Waals surface area contributed by atoms with Gasteiger partial charge in [0.05, 0.1) is 12.4 Å². The Labute approximate surface area is 101 Å². The topological polar surface area (TPSA) is 84.1 Å². The van der Waals surface area contributed by atoms with Crippen molar-refractivity contribution in [2.24, 2.45) is 0 Å². The quantitative estimate of drug-likeness (QED) is 0.687. The first-order valence-electron chi connectivity index (χ1n) is 5.60. The van der Waals surface area contributed by atoms with Crippen LogP contribution in [0.15, 0.2) is 12.4 Å². The van der Waals surface area contributed by atoms with E-state index in [0.717, 1.165) is 19.4 Å². The molecule has 0 aliphatic rings. The van der Waals surface area contributed by atoms with Gasteiger partial charge in [0.2, 0.25) is 0 Å². The van der Waals surface area contributed by atoms with Crippen LogP contribution in [0.4, 0.5) is 5.82 Å². The highest BCUT2D eigenvalue weighted by atomic mass is 16.1. The zero-order valence-electron chi connectivity index (χ0n) is 10.3. The average molecular weight is 237 g/mol. The summed E-state index contributed by atoms with van der Waals surface area (Å²) in [5.41, 5.74) is 5.68. The van der Waals surface area contributed by atoms with E-state index >= 15 is 0 Å². The van der Waals surface area contributed by atoms with Gasteiger partial charge in [0.25, 0.3) is 5.91 Å². The number of rotatable bonds is 6. The summed E-state index contributed by atoms with van der Waals surface area (Å²) in [5.74, 6) is 0.106. The van der Waals surface area contributed by atoms with Gasteiger partial charge in [0.15, 0.2) is 0 Å². The summed E-state index contributed by atoms with van der Waals surface area (Å²) in [4.78, 5) is 21.4. The number of hydrogen-bond donors (Lipinski definition) is 2. The number of carbonyl (C=O) groups is 1. The number of nitrogens with two attached hydrogens (primary N) is 1. The highest BCUT2D eigenvalue weighted by molar-refractivity contribution is 5.91. The molecule has 1 rings (SSSR count). The summed E-state index contributed by atoms with van der Waals surface area (Å²) in [6.07, 6.45) is 4.76. The first-order chi connectivity index (χ1) is 8.09. The van der Waals surface area contributed by atoms with Gasteiger partial charge in [-0.2, -0.15) is 0 Å². The van der Waals surface area contributed by atoms with Gasteiger partial charge in [-0.3, -0.25) is 4.79 Å². The Morgan fingerprint density at radius 1 is 1.35 bits per heavy atom. The second kappa shape index (κ2) is 6.80. The fraction of sp³-hybridized carbons (Fsp3) is 0.545. The monoisotopic (exact) mass is 237 g/mol. The molecule has 0 spiro atoms. The van der Waals surface area contributed by atoms with Crippen molar-refractivity contribution in [3.05, 3.63) is 18.1 Å². The maximum Gasteiger partial charge on any atom is 0.271 e. The number of anilines is 1. The number of nitrogen functional groups attached to an aromatic ring is 1. The van der Waals surface area contributed by atoms with Crippen molar-refractivity contribution in [2.75, 3.05) is 32.9 Å². The molecule has 3 N–H and O–H groups in total. The van der Waals surface area contributed by atoms with Crippen molar-refractivity contribution in [1.29, 1.82) is 0 Å². The highest BCUT2D eigenvalue weighted by Crippen LogP contribution is 1.96. The molecule has 17 heavy (non-hydrogen) atoms. The molecule has 1 aromatic heterocycles. The minimum absolute atomic E-state index is 0.206. The fourth-order valence-corrected chi connectivity index (χ4v) is 1.30. The molecular weight excluding hydrogens is 218 g/mol. The Morgan fingerprint density at radius 2 is 2.12 bits per heavy atom. The smallest absolute Gasteiger partial charge is 0.271 e. The molecule has 0 saturated carbocycles. The van der Waals surface area contributed by atoms with Crippen LogP contribution < -0.4 is 11.1 Å². The second-order valence-corrected chi connectivity index (χ2v) is 4.09. The maximum absolute atomic E-state index is 11.6. The normalized spacial score (nSPS) is 10.5. The second-order valence-electron chi connectivity index (χ2n) is 4.09. The van der Waals surface area contributed by atoms with E-state index in [0.29, 0.717) is 18.1 Å². The molecule has 0 saturated heterocycles. The molecule has 0 bridgehead atoms. The number of unbranched alkanes of at least 4 members (excludes halogenated alkanes) is 1. The third kappa shape index (κ3) is 5.26. The molecule has 94 valence electrons. The van der Waals surface area contributed by atoms with E-state index in [1.807, 2.05) is 14.1 Å². The third-order valence-electron chi connectivity index (χ3n) is 2.22. The van der Waals surface area contributed by atoms with Gasteiger partial charge in [-0.05, 0) is 33.5 Å². The van der Waals surface area contributed by atoms with E-state index < -0.39 is 0 Å². The molecule has 1 amide bonds. The Morgan fingerprint density at radius 3 is 2.71 bits per heavy atom. The van der Waals surface area contributed by atoms with Gasteiger partial charge < -0.3 is 16.0 Å². The van der Waals surface area contributed by atoms with Gasteiger partial charge in [-0.25, -0.2) is 9.97 Å². The van der Waals surface area contributed by atoms with Crippen molar-refractivity contribution < 1.29 is 4.79 Å². The number of hydrogen-bond acceptors (Lipinski definition) is 5. The Bertz CT molecular complexity index is 349. The molecule has 0 aliphatic carbocycles. The molecule has 6 heteroatoms. The third-order valence-corrected chi connectivity index (χ3v) is 2.22. The lowest BCUT2D eigenvalue weighted by Gasteiger charge is -2.09. The van der Waals surface area contributed by atoms with Crippen LogP contribution in [0.2, 0.25) is 0 Å². The Balaban J connectivity index is 2.23. The summed E-state index contributed by atoms with van der Waals surface area (Å²) in [6, 6.07) is 0. The minimum Gasteiger partial charge on any atom is -0.382 e. The van der Waals surface area contributed by atoms with Crippen LogP contribution >= 0.6 is 0 Å². The molecule has 0 aromatic carbocycles. The Hall–Kier alpha value is -1.69. The van der Waals surface area contributed by atoms with Gasteiger partial charge >= 0.3 is 0 Å². The van der Waals surface area contributed by atoms with Crippen molar-refractivity contribution in [2.45, 2.75) is 12.8 Å². The van der Waals surface area contributed by atoms with Gasteiger partial charge in [-0.1, -0.05) is 0 Å². The predicted molar refractivity (Wildman–Crippen MR) is 66.6 cm³/mol. The van der Waals surface area contributed by atoms with E-state index in [9.17, 15) is 4.79 Å². The molecule has 0 radical (unpaired) electrons. The number of amides is 1. The summed E-state index contributed by atoms with van der Waals surface area (Å²) in [7, 11) is 4.06. The van der Waals surface area contributed by atoms with Crippen molar-refractivity contribution in [1.82, 2.24) is 20.2 Å². The summed E-state index contributed by atoms with van der Waals surface area (Å²) in [5, 5.41) is 2.79. The van der Waals surface area contributed by atoms with Crippen molar-refractivity contribution in [3.63, 3.8) is 0 Å². The van der Waals surface area contributed by atoms with Gasteiger partial charge in [0.1, 0.15) is 11.5 Å². The number of carbonyl (C=O) groups excluding carboxylic acids is 1. The number of aromatic nitrogens is 2. The van der Waals surface area contributed by atoms with E-state index in [-0.39, 0.29) is 5.91 Å². The van der Waals surface area contributed by atoms with Crippen LogP contribution in [0.25, 0.3) is 0 Å². The Kier molecular flexibility index (Phi) is 5.35. The van der Waals surface area contributed by atoms with Crippen molar-refractivity contribution in [3.8, 4) is 0 Å². The lowest BCUT2D eigenvalue weighted by atomic mass is 10.3. The SMILES string of the molecule is CN(C)CCCCNC(=O)c1cnc(N)cn1. The predicted octanol–water partition coefficient (Wildman–Crippen LogP) is 0.130. The molecule has 1 aromatic rings.